The minimum atomic E-state index is -0.389. The van der Waals surface area contributed by atoms with Crippen LogP contribution in [0.3, 0.4) is 0 Å². The van der Waals surface area contributed by atoms with Crippen molar-refractivity contribution in [2.24, 2.45) is 5.73 Å². The van der Waals surface area contributed by atoms with E-state index in [0.29, 0.717) is 6.42 Å². The zero-order chi connectivity index (χ0) is 11.3. The fraction of sp³-hybridized carbons (Fsp3) is 0.417. The third-order valence-electron chi connectivity index (χ3n) is 2.34. The van der Waals surface area contributed by atoms with Crippen molar-refractivity contribution in [1.29, 1.82) is 0 Å². The second kappa shape index (κ2) is 7.25. The average molecular weight is 243 g/mol. The molecule has 0 aliphatic heterocycles. The molecule has 1 atom stereocenters. The van der Waals surface area contributed by atoms with Gasteiger partial charge >= 0.3 is 0 Å². The molecular weight excluding hydrogens is 224 g/mol. The highest BCUT2D eigenvalue weighted by Gasteiger charge is 2.14. The Hall–Kier alpha value is -1.06. The number of carbonyl (C=O) groups is 1. The second-order valence-corrected chi connectivity index (χ2v) is 3.86. The third-order valence-corrected chi connectivity index (χ3v) is 2.34. The summed E-state index contributed by atoms with van der Waals surface area (Å²) in [6.07, 6.45) is 1.54. The van der Waals surface area contributed by atoms with Gasteiger partial charge in [0.25, 0.3) is 0 Å². The lowest BCUT2D eigenvalue weighted by Crippen LogP contribution is -2.40. The smallest absolute Gasteiger partial charge is 0.238 e. The number of amides is 1. The van der Waals surface area contributed by atoms with Gasteiger partial charge in [-0.2, -0.15) is 0 Å². The molecule has 0 spiro atoms. The predicted octanol–water partition coefficient (Wildman–Crippen LogP) is 1.46. The van der Waals surface area contributed by atoms with E-state index in [0.717, 1.165) is 6.42 Å². The molecule has 0 aliphatic carbocycles. The van der Waals surface area contributed by atoms with E-state index >= 15 is 0 Å². The van der Waals surface area contributed by atoms with Gasteiger partial charge < -0.3 is 10.6 Å². The van der Waals surface area contributed by atoms with Crippen LogP contribution in [-0.2, 0) is 11.2 Å². The highest BCUT2D eigenvalue weighted by Crippen LogP contribution is 2.04. The summed E-state index contributed by atoms with van der Waals surface area (Å²) >= 11 is 0. The lowest BCUT2D eigenvalue weighted by molar-refractivity contribution is -0.130. The zero-order valence-electron chi connectivity index (χ0n) is 9.72. The lowest BCUT2D eigenvalue weighted by atomic mass is 10.1. The number of hydrogen-bond acceptors (Lipinski definition) is 2. The normalized spacial score (nSPS) is 11.4. The van der Waals surface area contributed by atoms with Crippen molar-refractivity contribution in [3.05, 3.63) is 35.9 Å². The highest BCUT2D eigenvalue weighted by atomic mass is 35.5. The molecule has 0 bridgehead atoms. The number of nitrogens with zero attached hydrogens (tertiary/aromatic N) is 1. The minimum absolute atomic E-state index is 0. The molecule has 0 unspecified atom stereocenters. The van der Waals surface area contributed by atoms with Crippen LogP contribution in [0.5, 0.6) is 0 Å². The number of carbonyl (C=O) groups excluding carboxylic acids is 1. The molecular formula is C12H19ClN2O. The minimum Gasteiger partial charge on any atom is -0.347 e. The first-order valence-electron chi connectivity index (χ1n) is 5.12. The van der Waals surface area contributed by atoms with Crippen molar-refractivity contribution >= 4 is 18.3 Å². The van der Waals surface area contributed by atoms with E-state index in [1.54, 1.807) is 14.1 Å². The first kappa shape index (κ1) is 14.9. The quantitative estimate of drug-likeness (QED) is 0.869. The molecule has 1 rings (SSSR count). The summed E-state index contributed by atoms with van der Waals surface area (Å²) in [6.45, 7) is 0. The van der Waals surface area contributed by atoms with Crippen LogP contribution < -0.4 is 5.73 Å². The summed E-state index contributed by atoms with van der Waals surface area (Å²) in [5, 5.41) is 0. The summed E-state index contributed by atoms with van der Waals surface area (Å²) in [5.74, 6) is -0.00840. The molecule has 0 radical (unpaired) electrons. The standard InChI is InChI=1S/C12H18N2O.ClH/c1-14(2)12(15)11(13)9-8-10-6-4-3-5-7-10;/h3-7,11H,8-9,13H2,1-2H3;1H/t11-;/m0./s1. The van der Waals surface area contributed by atoms with Crippen molar-refractivity contribution in [2.45, 2.75) is 18.9 Å². The Morgan fingerprint density at radius 1 is 1.31 bits per heavy atom. The van der Waals surface area contributed by atoms with Crippen molar-refractivity contribution in [1.82, 2.24) is 4.90 Å². The van der Waals surface area contributed by atoms with Crippen molar-refractivity contribution in [3.63, 3.8) is 0 Å². The summed E-state index contributed by atoms with van der Waals surface area (Å²) < 4.78 is 0. The maximum Gasteiger partial charge on any atom is 0.238 e. The molecule has 1 aromatic carbocycles. The van der Waals surface area contributed by atoms with Gasteiger partial charge in [0.15, 0.2) is 0 Å². The monoisotopic (exact) mass is 242 g/mol. The fourth-order valence-electron chi connectivity index (χ4n) is 1.42. The molecule has 0 heterocycles. The zero-order valence-corrected chi connectivity index (χ0v) is 10.5. The van der Waals surface area contributed by atoms with E-state index < -0.39 is 0 Å². The SMILES string of the molecule is CN(C)C(=O)[C@@H](N)CCc1ccccc1.Cl. The molecule has 16 heavy (non-hydrogen) atoms. The van der Waals surface area contributed by atoms with Gasteiger partial charge in [0.05, 0.1) is 6.04 Å². The Morgan fingerprint density at radius 3 is 2.38 bits per heavy atom. The van der Waals surface area contributed by atoms with Crippen LogP contribution in [-0.4, -0.2) is 30.9 Å². The largest absolute Gasteiger partial charge is 0.347 e. The number of aryl methyl sites for hydroxylation is 1. The van der Waals surface area contributed by atoms with E-state index in [9.17, 15) is 4.79 Å². The average Bonchev–Trinajstić information content (AvgIpc) is 2.26. The summed E-state index contributed by atoms with van der Waals surface area (Å²) in [4.78, 5) is 13.0. The van der Waals surface area contributed by atoms with Crippen LogP contribution in [0, 0.1) is 0 Å². The number of benzene rings is 1. The van der Waals surface area contributed by atoms with Crippen LogP contribution in [0.2, 0.25) is 0 Å². The molecule has 1 amide bonds. The van der Waals surface area contributed by atoms with E-state index in [1.165, 1.54) is 10.5 Å². The topological polar surface area (TPSA) is 46.3 Å². The van der Waals surface area contributed by atoms with Gasteiger partial charge in [-0.3, -0.25) is 4.79 Å². The van der Waals surface area contributed by atoms with Crippen LogP contribution in [0.25, 0.3) is 0 Å². The number of hydrogen-bond donors (Lipinski definition) is 1. The number of rotatable bonds is 4. The van der Waals surface area contributed by atoms with Gasteiger partial charge in [-0.05, 0) is 18.4 Å². The molecule has 4 heteroatoms. The predicted molar refractivity (Wildman–Crippen MR) is 68.7 cm³/mol. The van der Waals surface area contributed by atoms with Gasteiger partial charge in [-0.1, -0.05) is 30.3 Å². The summed E-state index contributed by atoms with van der Waals surface area (Å²) in [7, 11) is 3.45. The van der Waals surface area contributed by atoms with Crippen LogP contribution in [0.15, 0.2) is 30.3 Å². The first-order valence-corrected chi connectivity index (χ1v) is 5.12. The third kappa shape index (κ3) is 4.64. The van der Waals surface area contributed by atoms with Gasteiger partial charge in [0.2, 0.25) is 5.91 Å². The Morgan fingerprint density at radius 2 is 1.88 bits per heavy atom. The van der Waals surface area contributed by atoms with Gasteiger partial charge in [0, 0.05) is 14.1 Å². The highest BCUT2D eigenvalue weighted by molar-refractivity contribution is 5.85. The Labute approximate surface area is 103 Å². The number of halogens is 1. The number of nitrogens with two attached hydrogens (primary N) is 1. The number of likely N-dealkylation sites (N-methyl/N-ethyl adjacent to an activating group) is 1. The van der Waals surface area contributed by atoms with Gasteiger partial charge in [-0.15, -0.1) is 12.4 Å². The second-order valence-electron chi connectivity index (χ2n) is 3.86. The Bertz CT molecular complexity index is 314. The molecule has 90 valence electrons. The van der Waals surface area contributed by atoms with Gasteiger partial charge in [-0.25, -0.2) is 0 Å². The van der Waals surface area contributed by atoms with Crippen LogP contribution in [0.4, 0.5) is 0 Å². The lowest BCUT2D eigenvalue weighted by Gasteiger charge is -2.16. The van der Waals surface area contributed by atoms with Gasteiger partial charge in [0.1, 0.15) is 0 Å². The van der Waals surface area contributed by atoms with Crippen LogP contribution in [0.1, 0.15) is 12.0 Å². The van der Waals surface area contributed by atoms with E-state index in [2.05, 4.69) is 0 Å². The summed E-state index contributed by atoms with van der Waals surface area (Å²) in [5.41, 5.74) is 7.00. The first-order chi connectivity index (χ1) is 7.11. The molecule has 0 fully saturated rings. The molecule has 1 aromatic rings. The maximum absolute atomic E-state index is 11.5. The Balaban J connectivity index is 0.00000225. The van der Waals surface area contributed by atoms with Crippen molar-refractivity contribution in [2.75, 3.05) is 14.1 Å². The molecule has 0 aliphatic rings. The summed E-state index contributed by atoms with van der Waals surface area (Å²) in [6, 6.07) is 9.68. The molecule has 0 saturated carbocycles. The van der Waals surface area contributed by atoms with E-state index in [1.807, 2.05) is 30.3 Å². The fourth-order valence-corrected chi connectivity index (χ4v) is 1.42. The van der Waals surface area contributed by atoms with Crippen molar-refractivity contribution < 1.29 is 4.79 Å². The van der Waals surface area contributed by atoms with Crippen molar-refractivity contribution in [3.8, 4) is 0 Å². The Kier molecular flexibility index (Phi) is 6.77. The van der Waals surface area contributed by atoms with E-state index in [-0.39, 0.29) is 24.4 Å². The molecule has 0 saturated heterocycles. The van der Waals surface area contributed by atoms with E-state index in [4.69, 9.17) is 5.73 Å². The maximum atomic E-state index is 11.5. The molecule has 2 N–H and O–H groups in total. The molecule has 3 nitrogen and oxygen atoms in total. The molecule has 0 aromatic heterocycles. The van der Waals surface area contributed by atoms with Crippen LogP contribution >= 0.6 is 12.4 Å².